The zero-order chi connectivity index (χ0) is 15.2. The summed E-state index contributed by atoms with van der Waals surface area (Å²) < 4.78 is 18.4. The van der Waals surface area contributed by atoms with Crippen LogP contribution in [-0.4, -0.2) is 19.6 Å². The predicted molar refractivity (Wildman–Crippen MR) is 79.8 cm³/mol. The molecule has 0 heterocycles. The van der Waals surface area contributed by atoms with Crippen LogP contribution in [0.15, 0.2) is 48.5 Å². The Labute approximate surface area is 122 Å². The highest BCUT2D eigenvalue weighted by molar-refractivity contribution is 5.96. The summed E-state index contributed by atoms with van der Waals surface area (Å²) in [6, 6.07) is 13.5. The molecule has 1 atom stereocenters. The van der Waals surface area contributed by atoms with E-state index in [0.717, 1.165) is 5.56 Å². The van der Waals surface area contributed by atoms with Crippen LogP contribution < -0.4 is 15.8 Å². The third-order valence-corrected chi connectivity index (χ3v) is 3.17. The molecule has 0 bridgehead atoms. The van der Waals surface area contributed by atoms with Crippen molar-refractivity contribution < 1.29 is 13.9 Å². The van der Waals surface area contributed by atoms with Crippen LogP contribution in [0, 0.1) is 5.82 Å². The molecule has 0 saturated heterocycles. The lowest BCUT2D eigenvalue weighted by molar-refractivity contribution is -0.117. The van der Waals surface area contributed by atoms with Gasteiger partial charge >= 0.3 is 0 Å². The van der Waals surface area contributed by atoms with Gasteiger partial charge in [-0.05, 0) is 17.7 Å². The molecule has 0 aliphatic heterocycles. The molecule has 2 aromatic carbocycles. The van der Waals surface area contributed by atoms with Gasteiger partial charge in [0.25, 0.3) is 0 Å². The number of hydrogen-bond acceptors (Lipinski definition) is 3. The van der Waals surface area contributed by atoms with Crippen LogP contribution in [-0.2, 0) is 4.79 Å². The number of anilines is 1. The molecule has 0 aliphatic rings. The zero-order valence-corrected chi connectivity index (χ0v) is 11.7. The van der Waals surface area contributed by atoms with Crippen molar-refractivity contribution in [2.24, 2.45) is 5.73 Å². The van der Waals surface area contributed by atoms with Crippen molar-refractivity contribution in [1.82, 2.24) is 0 Å². The molecular formula is C16H17FN2O2. The summed E-state index contributed by atoms with van der Waals surface area (Å²) in [5.74, 6) is -1.14. The molecule has 4 nitrogen and oxygen atoms in total. The molecule has 2 aromatic rings. The number of rotatable bonds is 5. The largest absolute Gasteiger partial charge is 0.494 e. The van der Waals surface area contributed by atoms with E-state index < -0.39 is 11.7 Å². The van der Waals surface area contributed by atoms with Gasteiger partial charge in [0.15, 0.2) is 11.6 Å². The number of hydrogen-bond donors (Lipinski definition) is 2. The number of amides is 1. The van der Waals surface area contributed by atoms with Crippen LogP contribution in [0.2, 0.25) is 0 Å². The molecule has 0 saturated carbocycles. The normalized spacial score (nSPS) is 11.8. The average Bonchev–Trinajstić information content (AvgIpc) is 2.49. The van der Waals surface area contributed by atoms with Crippen molar-refractivity contribution in [3.8, 4) is 5.75 Å². The third-order valence-electron chi connectivity index (χ3n) is 3.17. The number of carbonyl (C=O) groups excluding carboxylic acids is 1. The molecule has 2 rings (SSSR count). The molecule has 1 unspecified atom stereocenters. The SMILES string of the molecule is COc1ccc(NC(=O)C(CN)c2ccccc2)cc1F. The van der Waals surface area contributed by atoms with Gasteiger partial charge in [0.2, 0.25) is 5.91 Å². The Hall–Kier alpha value is -2.40. The summed E-state index contributed by atoms with van der Waals surface area (Å²) in [5, 5.41) is 2.67. The minimum absolute atomic E-state index is 0.131. The number of nitrogens with two attached hydrogens (primary N) is 1. The second kappa shape index (κ2) is 6.85. The van der Waals surface area contributed by atoms with Gasteiger partial charge in [-0.25, -0.2) is 4.39 Å². The van der Waals surface area contributed by atoms with Crippen molar-refractivity contribution in [1.29, 1.82) is 0 Å². The first-order chi connectivity index (χ1) is 10.2. The van der Waals surface area contributed by atoms with Crippen molar-refractivity contribution in [2.45, 2.75) is 5.92 Å². The topological polar surface area (TPSA) is 64.3 Å². The number of halogens is 1. The van der Waals surface area contributed by atoms with E-state index in [1.807, 2.05) is 30.3 Å². The van der Waals surface area contributed by atoms with Gasteiger partial charge in [0, 0.05) is 18.3 Å². The monoisotopic (exact) mass is 288 g/mol. The predicted octanol–water partition coefficient (Wildman–Crippen LogP) is 2.52. The van der Waals surface area contributed by atoms with E-state index in [1.54, 1.807) is 6.07 Å². The summed E-state index contributed by atoms with van der Waals surface area (Å²) >= 11 is 0. The zero-order valence-electron chi connectivity index (χ0n) is 11.7. The molecule has 110 valence electrons. The fraction of sp³-hybridized carbons (Fsp3) is 0.188. The van der Waals surface area contributed by atoms with Crippen molar-refractivity contribution >= 4 is 11.6 Å². The van der Waals surface area contributed by atoms with E-state index in [9.17, 15) is 9.18 Å². The van der Waals surface area contributed by atoms with Crippen LogP contribution in [0.25, 0.3) is 0 Å². The molecule has 3 N–H and O–H groups in total. The standard InChI is InChI=1S/C16H17FN2O2/c1-21-15-8-7-12(9-14(15)17)19-16(20)13(10-18)11-5-3-2-4-6-11/h2-9,13H,10,18H2,1H3,(H,19,20). The highest BCUT2D eigenvalue weighted by Gasteiger charge is 2.19. The van der Waals surface area contributed by atoms with Crippen molar-refractivity contribution in [3.05, 3.63) is 59.9 Å². The van der Waals surface area contributed by atoms with Crippen LogP contribution in [0.3, 0.4) is 0 Å². The summed E-state index contributed by atoms with van der Waals surface area (Å²) in [6.45, 7) is 0.175. The van der Waals surface area contributed by atoms with Gasteiger partial charge in [0.1, 0.15) is 0 Å². The second-order valence-corrected chi connectivity index (χ2v) is 4.54. The average molecular weight is 288 g/mol. The second-order valence-electron chi connectivity index (χ2n) is 4.54. The van der Waals surface area contributed by atoms with E-state index in [2.05, 4.69) is 5.32 Å². The van der Waals surface area contributed by atoms with Crippen molar-refractivity contribution in [3.63, 3.8) is 0 Å². The molecule has 0 aliphatic carbocycles. The summed E-state index contributed by atoms with van der Waals surface area (Å²) in [4.78, 5) is 12.3. The minimum Gasteiger partial charge on any atom is -0.494 e. The highest BCUT2D eigenvalue weighted by atomic mass is 19.1. The van der Waals surface area contributed by atoms with Gasteiger partial charge in [-0.1, -0.05) is 30.3 Å². The molecule has 5 heteroatoms. The number of nitrogens with one attached hydrogen (secondary N) is 1. The molecule has 0 aromatic heterocycles. The summed E-state index contributed by atoms with van der Waals surface area (Å²) in [5.41, 5.74) is 6.87. The van der Waals surface area contributed by atoms with Crippen molar-refractivity contribution in [2.75, 3.05) is 19.0 Å². The fourth-order valence-corrected chi connectivity index (χ4v) is 2.05. The Morgan fingerprint density at radius 1 is 1.29 bits per heavy atom. The van der Waals surface area contributed by atoms with E-state index >= 15 is 0 Å². The first-order valence-corrected chi connectivity index (χ1v) is 6.55. The molecule has 0 radical (unpaired) electrons. The lowest BCUT2D eigenvalue weighted by Crippen LogP contribution is -2.27. The first-order valence-electron chi connectivity index (χ1n) is 6.55. The maximum atomic E-state index is 13.6. The summed E-state index contributed by atoms with van der Waals surface area (Å²) in [7, 11) is 1.39. The molecule has 21 heavy (non-hydrogen) atoms. The van der Waals surface area contributed by atoms with E-state index in [-0.39, 0.29) is 18.2 Å². The number of methoxy groups -OCH3 is 1. The molecule has 0 spiro atoms. The smallest absolute Gasteiger partial charge is 0.233 e. The van der Waals surface area contributed by atoms with Gasteiger partial charge in [-0.3, -0.25) is 4.79 Å². The molecule has 1 amide bonds. The summed E-state index contributed by atoms with van der Waals surface area (Å²) in [6.07, 6.45) is 0. The highest BCUT2D eigenvalue weighted by Crippen LogP contribution is 2.22. The van der Waals surface area contributed by atoms with Crippen LogP contribution in [0.4, 0.5) is 10.1 Å². The number of benzene rings is 2. The Balaban J connectivity index is 2.15. The van der Waals surface area contributed by atoms with Crippen LogP contribution in [0.5, 0.6) is 5.75 Å². The van der Waals surface area contributed by atoms with Crippen LogP contribution >= 0.6 is 0 Å². The molecule has 0 fully saturated rings. The Morgan fingerprint density at radius 2 is 2.00 bits per heavy atom. The van der Waals surface area contributed by atoms with E-state index in [0.29, 0.717) is 5.69 Å². The Bertz CT molecular complexity index is 617. The van der Waals surface area contributed by atoms with Gasteiger partial charge in [0.05, 0.1) is 13.0 Å². The third kappa shape index (κ3) is 3.58. The lowest BCUT2D eigenvalue weighted by atomic mass is 9.98. The van der Waals surface area contributed by atoms with Gasteiger partial charge in [-0.2, -0.15) is 0 Å². The van der Waals surface area contributed by atoms with Crippen LogP contribution in [0.1, 0.15) is 11.5 Å². The minimum atomic E-state index is -0.528. The Morgan fingerprint density at radius 3 is 2.57 bits per heavy atom. The number of carbonyl (C=O) groups is 1. The lowest BCUT2D eigenvalue weighted by Gasteiger charge is -2.15. The number of ether oxygens (including phenoxy) is 1. The maximum Gasteiger partial charge on any atom is 0.233 e. The quantitative estimate of drug-likeness (QED) is 0.888. The Kier molecular flexibility index (Phi) is 4.90. The fourth-order valence-electron chi connectivity index (χ4n) is 2.05. The van der Waals surface area contributed by atoms with Gasteiger partial charge in [-0.15, -0.1) is 0 Å². The first kappa shape index (κ1) is 15.0. The molecular weight excluding hydrogens is 271 g/mol. The maximum absolute atomic E-state index is 13.6. The van der Waals surface area contributed by atoms with E-state index in [1.165, 1.54) is 19.2 Å². The van der Waals surface area contributed by atoms with E-state index in [4.69, 9.17) is 10.5 Å². The van der Waals surface area contributed by atoms with Gasteiger partial charge < -0.3 is 15.8 Å².